The summed E-state index contributed by atoms with van der Waals surface area (Å²) in [4.78, 5) is 4.65. The van der Waals surface area contributed by atoms with E-state index < -0.39 is 0 Å². The standard InChI is InChI=1S/C12H18N2OS/c1-5-12(3,4)15-11-9(10(13)16)7-6-8(2)14-11/h6-7H,5H2,1-4H3,(H2,13,16). The van der Waals surface area contributed by atoms with Crippen LogP contribution in [0.3, 0.4) is 0 Å². The maximum atomic E-state index is 5.85. The first kappa shape index (κ1) is 12.9. The van der Waals surface area contributed by atoms with Crippen LogP contribution in [0.15, 0.2) is 12.1 Å². The molecule has 16 heavy (non-hydrogen) atoms. The monoisotopic (exact) mass is 238 g/mol. The van der Waals surface area contributed by atoms with Gasteiger partial charge in [-0.05, 0) is 39.3 Å². The average molecular weight is 238 g/mol. The lowest BCUT2D eigenvalue weighted by molar-refractivity contribution is 0.0986. The Morgan fingerprint density at radius 2 is 2.12 bits per heavy atom. The van der Waals surface area contributed by atoms with Crippen LogP contribution in [0.5, 0.6) is 5.88 Å². The molecule has 0 aliphatic heterocycles. The SMILES string of the molecule is CCC(C)(C)Oc1nc(C)ccc1C(N)=S. The molecule has 1 heterocycles. The highest BCUT2D eigenvalue weighted by atomic mass is 32.1. The summed E-state index contributed by atoms with van der Waals surface area (Å²) in [6, 6.07) is 3.73. The number of nitrogens with zero attached hydrogens (tertiary/aromatic N) is 1. The molecule has 0 aliphatic rings. The fourth-order valence-electron chi connectivity index (χ4n) is 1.13. The van der Waals surface area contributed by atoms with E-state index in [4.69, 9.17) is 22.7 Å². The van der Waals surface area contributed by atoms with E-state index in [1.165, 1.54) is 0 Å². The van der Waals surface area contributed by atoms with E-state index in [0.29, 0.717) is 16.4 Å². The van der Waals surface area contributed by atoms with Gasteiger partial charge in [-0.25, -0.2) is 4.98 Å². The number of rotatable bonds is 4. The molecule has 1 rings (SSSR count). The molecule has 0 bridgehead atoms. The molecule has 0 saturated carbocycles. The zero-order valence-electron chi connectivity index (χ0n) is 10.2. The first-order valence-corrected chi connectivity index (χ1v) is 5.73. The van der Waals surface area contributed by atoms with Crippen molar-refractivity contribution in [3.8, 4) is 5.88 Å². The summed E-state index contributed by atoms with van der Waals surface area (Å²) in [7, 11) is 0. The molecule has 0 aliphatic carbocycles. The van der Waals surface area contributed by atoms with E-state index in [-0.39, 0.29) is 5.60 Å². The third-order valence-corrected chi connectivity index (χ3v) is 2.71. The molecule has 1 aromatic rings. The number of ether oxygens (including phenoxy) is 1. The summed E-state index contributed by atoms with van der Waals surface area (Å²) >= 11 is 4.98. The predicted molar refractivity (Wildman–Crippen MR) is 69.9 cm³/mol. The van der Waals surface area contributed by atoms with Gasteiger partial charge in [0.2, 0.25) is 5.88 Å². The van der Waals surface area contributed by atoms with Gasteiger partial charge in [0.25, 0.3) is 0 Å². The lowest BCUT2D eigenvalue weighted by Crippen LogP contribution is -2.29. The van der Waals surface area contributed by atoms with Gasteiger partial charge < -0.3 is 10.5 Å². The minimum absolute atomic E-state index is 0.264. The Labute approximate surface area is 102 Å². The molecule has 0 unspecified atom stereocenters. The smallest absolute Gasteiger partial charge is 0.224 e. The van der Waals surface area contributed by atoms with Crippen LogP contribution in [-0.2, 0) is 0 Å². The summed E-state index contributed by atoms with van der Waals surface area (Å²) in [5, 5.41) is 0. The summed E-state index contributed by atoms with van der Waals surface area (Å²) in [6.07, 6.45) is 0.888. The van der Waals surface area contributed by atoms with Gasteiger partial charge in [-0.1, -0.05) is 19.1 Å². The van der Waals surface area contributed by atoms with Crippen LogP contribution >= 0.6 is 12.2 Å². The maximum Gasteiger partial charge on any atom is 0.224 e. The maximum absolute atomic E-state index is 5.85. The van der Waals surface area contributed by atoms with E-state index in [9.17, 15) is 0 Å². The average Bonchev–Trinajstić information content (AvgIpc) is 2.16. The number of thiocarbonyl (C=S) groups is 1. The van der Waals surface area contributed by atoms with Gasteiger partial charge in [0, 0.05) is 5.69 Å². The molecule has 2 N–H and O–H groups in total. The van der Waals surface area contributed by atoms with Crippen LogP contribution in [-0.4, -0.2) is 15.6 Å². The highest BCUT2D eigenvalue weighted by Crippen LogP contribution is 2.23. The van der Waals surface area contributed by atoms with E-state index in [2.05, 4.69) is 11.9 Å². The van der Waals surface area contributed by atoms with Gasteiger partial charge in [-0.3, -0.25) is 0 Å². The summed E-state index contributed by atoms with van der Waals surface area (Å²) in [6.45, 7) is 8.01. The van der Waals surface area contributed by atoms with Crippen molar-refractivity contribution < 1.29 is 4.74 Å². The Hall–Kier alpha value is -1.16. The third-order valence-electron chi connectivity index (χ3n) is 2.49. The number of hydrogen-bond acceptors (Lipinski definition) is 3. The van der Waals surface area contributed by atoms with E-state index in [1.807, 2.05) is 32.9 Å². The van der Waals surface area contributed by atoms with Crippen molar-refractivity contribution in [2.45, 2.75) is 39.7 Å². The highest BCUT2D eigenvalue weighted by molar-refractivity contribution is 7.80. The second-order valence-electron chi connectivity index (χ2n) is 4.38. The van der Waals surface area contributed by atoms with Crippen molar-refractivity contribution in [3.05, 3.63) is 23.4 Å². The first-order chi connectivity index (χ1) is 7.35. The highest BCUT2D eigenvalue weighted by Gasteiger charge is 2.20. The van der Waals surface area contributed by atoms with Crippen LogP contribution in [0.2, 0.25) is 0 Å². The van der Waals surface area contributed by atoms with Crippen LogP contribution in [0.25, 0.3) is 0 Å². The van der Waals surface area contributed by atoms with Gasteiger partial charge in [0.15, 0.2) is 0 Å². The summed E-state index contributed by atoms with van der Waals surface area (Å²) in [5.74, 6) is 0.527. The normalized spacial score (nSPS) is 11.2. The van der Waals surface area contributed by atoms with E-state index >= 15 is 0 Å². The Morgan fingerprint density at radius 3 is 2.62 bits per heavy atom. The van der Waals surface area contributed by atoms with E-state index in [1.54, 1.807) is 0 Å². The summed E-state index contributed by atoms with van der Waals surface area (Å²) in [5.41, 5.74) is 6.96. The van der Waals surface area contributed by atoms with Crippen LogP contribution in [0.4, 0.5) is 0 Å². The quantitative estimate of drug-likeness (QED) is 0.819. The predicted octanol–water partition coefficient (Wildman–Crippen LogP) is 2.59. The molecule has 0 amide bonds. The van der Waals surface area contributed by atoms with Gasteiger partial charge >= 0.3 is 0 Å². The van der Waals surface area contributed by atoms with Gasteiger partial charge in [-0.2, -0.15) is 0 Å². The van der Waals surface area contributed by atoms with Crippen molar-refractivity contribution in [1.29, 1.82) is 0 Å². The van der Waals surface area contributed by atoms with E-state index in [0.717, 1.165) is 12.1 Å². The van der Waals surface area contributed by atoms with Crippen LogP contribution < -0.4 is 10.5 Å². The molecule has 1 aromatic heterocycles. The summed E-state index contributed by atoms with van der Waals surface area (Å²) < 4.78 is 5.85. The fraction of sp³-hybridized carbons (Fsp3) is 0.500. The number of pyridine rings is 1. The molecule has 0 aromatic carbocycles. The lowest BCUT2D eigenvalue weighted by atomic mass is 10.1. The topological polar surface area (TPSA) is 48.1 Å². The zero-order valence-corrected chi connectivity index (χ0v) is 11.0. The Bertz CT molecular complexity index is 402. The third kappa shape index (κ3) is 3.17. The van der Waals surface area contributed by atoms with Crippen LogP contribution in [0, 0.1) is 6.92 Å². The lowest BCUT2D eigenvalue weighted by Gasteiger charge is -2.25. The minimum Gasteiger partial charge on any atom is -0.471 e. The molecular formula is C12H18N2OS. The first-order valence-electron chi connectivity index (χ1n) is 5.32. The largest absolute Gasteiger partial charge is 0.471 e. The molecule has 88 valence electrons. The number of nitrogens with two attached hydrogens (primary N) is 1. The molecule has 0 saturated heterocycles. The fourth-order valence-corrected chi connectivity index (χ4v) is 1.29. The van der Waals surface area contributed by atoms with Crippen molar-refractivity contribution in [2.75, 3.05) is 0 Å². The Kier molecular flexibility index (Phi) is 3.86. The van der Waals surface area contributed by atoms with Gasteiger partial charge in [0.05, 0.1) is 5.56 Å². The Morgan fingerprint density at radius 1 is 1.50 bits per heavy atom. The molecule has 3 nitrogen and oxygen atoms in total. The second-order valence-corrected chi connectivity index (χ2v) is 4.82. The van der Waals surface area contributed by atoms with Gasteiger partial charge in [-0.15, -0.1) is 0 Å². The molecule has 0 fully saturated rings. The zero-order chi connectivity index (χ0) is 12.3. The van der Waals surface area contributed by atoms with Gasteiger partial charge in [0.1, 0.15) is 10.6 Å². The van der Waals surface area contributed by atoms with Crippen LogP contribution in [0.1, 0.15) is 38.4 Å². The molecule has 0 spiro atoms. The molecule has 0 radical (unpaired) electrons. The molecular weight excluding hydrogens is 220 g/mol. The minimum atomic E-state index is -0.264. The number of hydrogen-bond donors (Lipinski definition) is 1. The van der Waals surface area contributed by atoms with Crippen molar-refractivity contribution in [1.82, 2.24) is 4.98 Å². The van der Waals surface area contributed by atoms with Crippen molar-refractivity contribution >= 4 is 17.2 Å². The Balaban J connectivity index is 3.10. The van der Waals surface area contributed by atoms with Crippen molar-refractivity contribution in [3.63, 3.8) is 0 Å². The number of aromatic nitrogens is 1. The molecule has 4 heteroatoms. The number of aryl methyl sites for hydroxylation is 1. The molecule has 0 atom stereocenters. The van der Waals surface area contributed by atoms with Crippen molar-refractivity contribution in [2.24, 2.45) is 5.73 Å². The second kappa shape index (κ2) is 4.78.